The molecule has 0 aliphatic heterocycles. The van der Waals surface area contributed by atoms with Gasteiger partial charge in [0, 0.05) is 13.1 Å². The summed E-state index contributed by atoms with van der Waals surface area (Å²) in [6.45, 7) is 1.69. The van der Waals surface area contributed by atoms with E-state index < -0.39 is 6.10 Å². The van der Waals surface area contributed by atoms with Gasteiger partial charge in [-0.2, -0.15) is 0 Å². The number of aliphatic hydroxyl groups excluding tert-OH is 1. The summed E-state index contributed by atoms with van der Waals surface area (Å²) >= 11 is 0. The van der Waals surface area contributed by atoms with E-state index in [4.69, 9.17) is 5.73 Å². The van der Waals surface area contributed by atoms with Crippen molar-refractivity contribution in [3.8, 4) is 0 Å². The van der Waals surface area contributed by atoms with Crippen LogP contribution in [0.4, 0.5) is 0 Å². The van der Waals surface area contributed by atoms with Crippen molar-refractivity contribution in [2.24, 2.45) is 12.8 Å². The number of rotatable bonds is 2. The van der Waals surface area contributed by atoms with Gasteiger partial charge in [0.1, 0.15) is 6.10 Å². The zero-order chi connectivity index (χ0) is 8.43. The van der Waals surface area contributed by atoms with Crippen LogP contribution in [0, 0.1) is 0 Å². The van der Waals surface area contributed by atoms with Crippen molar-refractivity contribution in [2.75, 3.05) is 0 Å². The third-order valence-corrected chi connectivity index (χ3v) is 1.42. The summed E-state index contributed by atoms with van der Waals surface area (Å²) in [5.41, 5.74) is 5.44. The molecule has 6 heteroatoms. The van der Waals surface area contributed by atoms with Gasteiger partial charge in [-0.3, -0.25) is 0 Å². The highest BCUT2D eigenvalue weighted by molar-refractivity contribution is 4.90. The average molecular weight is 157 g/mol. The Bertz CT molecular complexity index is 233. The lowest BCUT2D eigenvalue weighted by atomic mass is 10.2. The molecule has 0 aromatic carbocycles. The average Bonchev–Trinajstić information content (AvgIpc) is 2.33. The molecule has 6 nitrogen and oxygen atoms in total. The second-order valence-electron chi connectivity index (χ2n) is 2.46. The molecule has 0 aliphatic carbocycles. The molecule has 0 fully saturated rings. The molecule has 11 heavy (non-hydrogen) atoms. The zero-order valence-electron chi connectivity index (χ0n) is 6.47. The van der Waals surface area contributed by atoms with Crippen molar-refractivity contribution in [3.05, 3.63) is 5.82 Å². The van der Waals surface area contributed by atoms with Crippen LogP contribution in [-0.2, 0) is 7.05 Å². The lowest BCUT2D eigenvalue weighted by Crippen LogP contribution is -2.26. The minimum atomic E-state index is -0.796. The van der Waals surface area contributed by atoms with Gasteiger partial charge in [0.05, 0.1) is 0 Å². The molecule has 3 N–H and O–H groups in total. The highest BCUT2D eigenvalue weighted by Crippen LogP contribution is 2.09. The summed E-state index contributed by atoms with van der Waals surface area (Å²) in [7, 11) is 1.65. The Morgan fingerprint density at radius 2 is 2.27 bits per heavy atom. The molecule has 0 aliphatic rings. The molecular formula is C5H11N5O. The number of aromatic nitrogens is 4. The first-order valence-corrected chi connectivity index (χ1v) is 3.29. The van der Waals surface area contributed by atoms with Crippen LogP contribution in [0.1, 0.15) is 18.9 Å². The molecule has 1 aromatic heterocycles. The lowest BCUT2D eigenvalue weighted by Gasteiger charge is -2.11. The fourth-order valence-electron chi connectivity index (χ4n) is 0.722. The van der Waals surface area contributed by atoms with E-state index in [-0.39, 0.29) is 6.04 Å². The van der Waals surface area contributed by atoms with Gasteiger partial charge in [-0.25, -0.2) is 4.68 Å². The normalized spacial score (nSPS) is 16.4. The van der Waals surface area contributed by atoms with Crippen molar-refractivity contribution in [1.29, 1.82) is 0 Å². The Balaban J connectivity index is 2.84. The number of nitrogens with two attached hydrogens (primary N) is 1. The summed E-state index contributed by atoms with van der Waals surface area (Å²) in [5, 5.41) is 19.9. The maximum absolute atomic E-state index is 9.38. The molecule has 2 unspecified atom stereocenters. The van der Waals surface area contributed by atoms with Gasteiger partial charge in [-0.15, -0.1) is 5.10 Å². The third kappa shape index (κ3) is 1.52. The number of tetrazole rings is 1. The van der Waals surface area contributed by atoms with E-state index in [0.29, 0.717) is 5.82 Å². The van der Waals surface area contributed by atoms with Crippen molar-refractivity contribution < 1.29 is 5.11 Å². The van der Waals surface area contributed by atoms with Crippen LogP contribution >= 0.6 is 0 Å². The Morgan fingerprint density at radius 3 is 2.64 bits per heavy atom. The van der Waals surface area contributed by atoms with Crippen molar-refractivity contribution >= 4 is 0 Å². The lowest BCUT2D eigenvalue weighted by molar-refractivity contribution is 0.139. The predicted octanol–water partition coefficient (Wildman–Crippen LogP) is -1.41. The molecule has 2 atom stereocenters. The molecule has 0 bridgehead atoms. The van der Waals surface area contributed by atoms with E-state index in [1.165, 1.54) is 4.68 Å². The minimum absolute atomic E-state index is 0.361. The molecule has 62 valence electrons. The van der Waals surface area contributed by atoms with Crippen LogP contribution in [-0.4, -0.2) is 31.4 Å². The Kier molecular flexibility index (Phi) is 2.16. The number of aliphatic hydroxyl groups is 1. The number of nitrogens with zero attached hydrogens (tertiary/aromatic N) is 4. The van der Waals surface area contributed by atoms with Crippen LogP contribution in [0.5, 0.6) is 0 Å². The maximum Gasteiger partial charge on any atom is 0.181 e. The van der Waals surface area contributed by atoms with Gasteiger partial charge >= 0.3 is 0 Å². The van der Waals surface area contributed by atoms with Crippen LogP contribution in [0.25, 0.3) is 0 Å². The summed E-state index contributed by atoms with van der Waals surface area (Å²) < 4.78 is 1.40. The molecular weight excluding hydrogens is 146 g/mol. The van der Waals surface area contributed by atoms with Crippen molar-refractivity contribution in [2.45, 2.75) is 19.1 Å². The monoisotopic (exact) mass is 157 g/mol. The predicted molar refractivity (Wildman–Crippen MR) is 37.4 cm³/mol. The molecule has 1 rings (SSSR count). The molecule has 1 aromatic rings. The van der Waals surface area contributed by atoms with Crippen molar-refractivity contribution in [3.63, 3.8) is 0 Å². The van der Waals surface area contributed by atoms with Crippen molar-refractivity contribution in [1.82, 2.24) is 20.2 Å². The van der Waals surface area contributed by atoms with E-state index >= 15 is 0 Å². The molecule has 0 amide bonds. The first kappa shape index (κ1) is 8.09. The van der Waals surface area contributed by atoms with Crippen LogP contribution in [0.3, 0.4) is 0 Å². The number of hydrogen-bond acceptors (Lipinski definition) is 5. The summed E-state index contributed by atoms with van der Waals surface area (Å²) in [6, 6.07) is -0.361. The van der Waals surface area contributed by atoms with Gasteiger partial charge < -0.3 is 10.8 Å². The second kappa shape index (κ2) is 2.93. The van der Waals surface area contributed by atoms with E-state index in [1.54, 1.807) is 14.0 Å². The standard InChI is InChI=1S/C5H11N5O/c1-3(6)4(11)5-7-8-9-10(5)2/h3-4,11H,6H2,1-2H3. The largest absolute Gasteiger partial charge is 0.383 e. The molecule has 0 saturated heterocycles. The highest BCUT2D eigenvalue weighted by Gasteiger charge is 2.17. The highest BCUT2D eigenvalue weighted by atomic mass is 16.3. The first-order chi connectivity index (χ1) is 5.13. The van der Waals surface area contributed by atoms with Gasteiger partial charge in [0.2, 0.25) is 0 Å². The first-order valence-electron chi connectivity index (χ1n) is 3.29. The molecule has 0 radical (unpaired) electrons. The van der Waals surface area contributed by atoms with Gasteiger partial charge in [0.25, 0.3) is 0 Å². The fourth-order valence-corrected chi connectivity index (χ4v) is 0.722. The Morgan fingerprint density at radius 1 is 1.64 bits per heavy atom. The summed E-state index contributed by atoms with van der Waals surface area (Å²) in [4.78, 5) is 0. The Hall–Kier alpha value is -1.01. The van der Waals surface area contributed by atoms with E-state index in [9.17, 15) is 5.11 Å². The topological polar surface area (TPSA) is 89.8 Å². The van der Waals surface area contributed by atoms with E-state index in [1.807, 2.05) is 0 Å². The molecule has 1 heterocycles. The second-order valence-corrected chi connectivity index (χ2v) is 2.46. The van der Waals surface area contributed by atoms with E-state index in [2.05, 4.69) is 15.5 Å². The van der Waals surface area contributed by atoms with Crippen LogP contribution in [0.15, 0.2) is 0 Å². The number of aryl methyl sites for hydroxylation is 1. The minimum Gasteiger partial charge on any atom is -0.383 e. The third-order valence-electron chi connectivity index (χ3n) is 1.42. The van der Waals surface area contributed by atoms with E-state index in [0.717, 1.165) is 0 Å². The SMILES string of the molecule is CC(N)C(O)c1nnnn1C. The maximum atomic E-state index is 9.38. The van der Waals surface area contributed by atoms with Gasteiger partial charge in [-0.1, -0.05) is 0 Å². The fraction of sp³-hybridized carbons (Fsp3) is 0.800. The van der Waals surface area contributed by atoms with Gasteiger partial charge in [0.15, 0.2) is 5.82 Å². The smallest absolute Gasteiger partial charge is 0.181 e. The zero-order valence-corrected chi connectivity index (χ0v) is 6.47. The Labute approximate surface area is 64.0 Å². The quantitative estimate of drug-likeness (QED) is 0.550. The van der Waals surface area contributed by atoms with Crippen LogP contribution in [0.2, 0.25) is 0 Å². The summed E-state index contributed by atoms with van der Waals surface area (Å²) in [5.74, 6) is 0.389. The molecule has 0 spiro atoms. The van der Waals surface area contributed by atoms with Crippen LogP contribution < -0.4 is 5.73 Å². The number of hydrogen-bond donors (Lipinski definition) is 2. The molecule has 0 saturated carbocycles. The van der Waals surface area contributed by atoms with Gasteiger partial charge in [-0.05, 0) is 17.4 Å². The summed E-state index contributed by atoms with van der Waals surface area (Å²) in [6.07, 6.45) is -0.796.